The normalized spacial score (nSPS) is 20.2. The highest BCUT2D eigenvalue weighted by atomic mass is 16.2. The number of aromatic nitrogens is 2. The van der Waals surface area contributed by atoms with E-state index >= 15 is 0 Å². The minimum Gasteiger partial charge on any atom is -0.273 e. The monoisotopic (exact) mass is 800 g/mol. The number of amides is 16. The van der Waals surface area contributed by atoms with Crippen molar-refractivity contribution in [2.45, 2.75) is 11.8 Å². The number of pyridine rings is 2. The van der Waals surface area contributed by atoms with Crippen molar-refractivity contribution >= 4 is 71.4 Å². The number of hydrogen-bond donors (Lipinski definition) is 0. The van der Waals surface area contributed by atoms with Crippen molar-refractivity contribution in [1.82, 2.24) is 49.2 Å². The smallest absolute Gasteiger partial charge is 0.273 e. The number of nitrogens with zero attached hydrogens (tertiary/aromatic N) is 10. The second kappa shape index (κ2) is 14.4. The SMILES string of the molecule is CN1C(=O)C(C(c2ccnc(-c3cccc(C(C4C(=O)N(C)C(=O)N(C)C4=O)C4C(=O)N(C)C(=O)N(C)C4=O)n3)c2)C2C(=O)N(C)C(=O)N(C)C2=O)C(=O)N(C)C1=O. The van der Waals surface area contributed by atoms with Crippen molar-refractivity contribution < 1.29 is 57.5 Å². The summed E-state index contributed by atoms with van der Waals surface area (Å²) in [4.78, 5) is 175. The average molecular weight is 801 g/mol. The molecule has 16 amide bonds. The zero-order valence-electron chi connectivity index (χ0n) is 32.3. The van der Waals surface area contributed by atoms with Crippen molar-refractivity contribution in [3.8, 4) is 11.4 Å². The van der Waals surface area contributed by atoms with E-state index in [1.165, 1.54) is 36.5 Å². The number of carbonyl (C=O) groups is 12. The van der Waals surface area contributed by atoms with E-state index in [0.717, 1.165) is 56.4 Å². The van der Waals surface area contributed by atoms with Gasteiger partial charge in [-0.2, -0.15) is 0 Å². The molecule has 0 bridgehead atoms. The quantitative estimate of drug-likeness (QED) is 0.304. The number of rotatable bonds is 7. The van der Waals surface area contributed by atoms with Crippen LogP contribution < -0.4 is 0 Å². The van der Waals surface area contributed by atoms with Crippen LogP contribution in [0.5, 0.6) is 0 Å². The topological polar surface area (TPSA) is 257 Å². The fraction of sp³-hybridized carbons (Fsp3) is 0.389. The van der Waals surface area contributed by atoms with Crippen LogP contribution in [0, 0.1) is 23.7 Å². The number of barbiturate groups is 4. The average Bonchev–Trinajstić information content (AvgIpc) is 3.22. The molecule has 4 aliphatic heterocycles. The van der Waals surface area contributed by atoms with Crippen LogP contribution in [0.2, 0.25) is 0 Å². The van der Waals surface area contributed by atoms with E-state index in [4.69, 9.17) is 0 Å². The first kappa shape index (κ1) is 40.4. The van der Waals surface area contributed by atoms with E-state index in [0.29, 0.717) is 39.2 Å². The summed E-state index contributed by atoms with van der Waals surface area (Å²) < 4.78 is 0. The second-order valence-corrected chi connectivity index (χ2v) is 14.2. The van der Waals surface area contributed by atoms with Crippen LogP contribution in [0.1, 0.15) is 23.1 Å². The summed E-state index contributed by atoms with van der Waals surface area (Å²) in [7, 11) is 8.92. The molecule has 0 unspecified atom stereocenters. The molecule has 58 heavy (non-hydrogen) atoms. The molecule has 0 atom stereocenters. The number of carbonyl (C=O) groups excluding carboxylic acids is 12. The molecule has 2 aromatic rings. The summed E-state index contributed by atoms with van der Waals surface area (Å²) >= 11 is 0. The van der Waals surface area contributed by atoms with E-state index in [1.54, 1.807) is 0 Å². The zero-order valence-corrected chi connectivity index (χ0v) is 32.3. The Kier molecular flexibility index (Phi) is 10.00. The third-order valence-electron chi connectivity index (χ3n) is 11.0. The Balaban J connectivity index is 1.53. The summed E-state index contributed by atoms with van der Waals surface area (Å²) in [5.74, 6) is -19.1. The molecule has 0 saturated carbocycles. The van der Waals surface area contributed by atoms with Crippen LogP contribution in [-0.2, 0) is 38.4 Å². The standard InChI is InChI=1S/C36H36N10O12/c1-39-25(47)21(26(48)40(2)33(39)55)19(22-27(49)41(3)34(56)42(4)28(22)50)15-12-13-37-18(14-15)16-10-9-11-17(38-16)20(23-29(51)43(5)35(57)44(6)30(23)52)24-31(53)45(7)36(58)46(8)32(24)54/h9-14,19-24H,1-8H3. The summed E-state index contributed by atoms with van der Waals surface area (Å²) in [6, 6.07) is 2.88. The van der Waals surface area contributed by atoms with Crippen LogP contribution in [0.3, 0.4) is 0 Å². The molecular weight excluding hydrogens is 764 g/mol. The number of imide groups is 8. The van der Waals surface area contributed by atoms with Crippen molar-refractivity contribution in [1.29, 1.82) is 0 Å². The Morgan fingerprint density at radius 2 is 0.724 bits per heavy atom. The van der Waals surface area contributed by atoms with Crippen LogP contribution >= 0.6 is 0 Å². The summed E-state index contributed by atoms with van der Waals surface area (Å²) in [6.07, 6.45) is 1.21. The molecule has 4 saturated heterocycles. The predicted molar refractivity (Wildman–Crippen MR) is 191 cm³/mol. The molecule has 2 aromatic heterocycles. The fourth-order valence-corrected chi connectivity index (χ4v) is 7.66. The highest BCUT2D eigenvalue weighted by Gasteiger charge is 2.58. The van der Waals surface area contributed by atoms with Gasteiger partial charge in [-0.15, -0.1) is 0 Å². The maximum Gasteiger partial charge on any atom is 0.332 e. The summed E-state index contributed by atoms with van der Waals surface area (Å²) in [5.41, 5.74) is -0.271. The Morgan fingerprint density at radius 1 is 0.414 bits per heavy atom. The van der Waals surface area contributed by atoms with E-state index in [2.05, 4.69) is 9.97 Å². The molecule has 22 nitrogen and oxygen atoms in total. The van der Waals surface area contributed by atoms with Gasteiger partial charge in [0.25, 0.3) is 0 Å². The molecule has 0 aromatic carbocycles. The predicted octanol–water partition coefficient (Wildman–Crippen LogP) is -1.02. The van der Waals surface area contributed by atoms with Gasteiger partial charge in [-0.3, -0.25) is 87.5 Å². The Bertz CT molecular complexity index is 1930. The molecule has 6 heterocycles. The third-order valence-corrected chi connectivity index (χ3v) is 11.0. The largest absolute Gasteiger partial charge is 0.332 e. The second-order valence-electron chi connectivity index (χ2n) is 14.2. The van der Waals surface area contributed by atoms with Gasteiger partial charge < -0.3 is 0 Å². The molecule has 0 N–H and O–H groups in total. The van der Waals surface area contributed by atoms with E-state index in [1.807, 2.05) is 0 Å². The van der Waals surface area contributed by atoms with E-state index in [-0.39, 0.29) is 22.6 Å². The highest BCUT2D eigenvalue weighted by molar-refractivity contribution is 6.21. The Hall–Kier alpha value is -7.26. The lowest BCUT2D eigenvalue weighted by molar-refractivity contribution is -0.157. The van der Waals surface area contributed by atoms with Gasteiger partial charge in [-0.1, -0.05) is 6.07 Å². The first-order valence-corrected chi connectivity index (χ1v) is 17.4. The van der Waals surface area contributed by atoms with Crippen LogP contribution in [0.25, 0.3) is 11.4 Å². The van der Waals surface area contributed by atoms with Crippen LogP contribution in [0.15, 0.2) is 36.5 Å². The molecule has 0 spiro atoms. The lowest BCUT2D eigenvalue weighted by atomic mass is 9.73. The first-order valence-electron chi connectivity index (χ1n) is 17.4. The van der Waals surface area contributed by atoms with Gasteiger partial charge in [0.15, 0.2) is 0 Å². The van der Waals surface area contributed by atoms with Gasteiger partial charge in [-0.05, 0) is 29.8 Å². The van der Waals surface area contributed by atoms with Gasteiger partial charge in [0.1, 0.15) is 23.7 Å². The minimum absolute atomic E-state index is 0.00162. The minimum atomic E-state index is -1.87. The number of urea groups is 4. The summed E-state index contributed by atoms with van der Waals surface area (Å²) in [6.45, 7) is 0. The third kappa shape index (κ3) is 5.94. The molecule has 302 valence electrons. The summed E-state index contributed by atoms with van der Waals surface area (Å²) in [5, 5.41) is 0. The van der Waals surface area contributed by atoms with Crippen LogP contribution in [0.4, 0.5) is 19.2 Å². The molecule has 6 rings (SSSR count). The first-order chi connectivity index (χ1) is 27.1. The molecule has 4 aliphatic rings. The van der Waals surface area contributed by atoms with E-state index in [9.17, 15) is 57.5 Å². The van der Waals surface area contributed by atoms with Crippen molar-refractivity contribution in [3.05, 3.63) is 47.8 Å². The van der Waals surface area contributed by atoms with E-state index < -0.39 is 107 Å². The maximum absolute atomic E-state index is 13.8. The van der Waals surface area contributed by atoms with Gasteiger partial charge in [0.2, 0.25) is 47.3 Å². The van der Waals surface area contributed by atoms with Crippen molar-refractivity contribution in [2.24, 2.45) is 23.7 Å². The van der Waals surface area contributed by atoms with Gasteiger partial charge in [0.05, 0.1) is 11.4 Å². The molecule has 0 radical (unpaired) electrons. The van der Waals surface area contributed by atoms with Gasteiger partial charge in [-0.25, -0.2) is 19.2 Å². The fourth-order valence-electron chi connectivity index (χ4n) is 7.66. The zero-order chi connectivity index (χ0) is 43.0. The van der Waals surface area contributed by atoms with Gasteiger partial charge in [0, 0.05) is 80.1 Å². The molecule has 22 heteroatoms. The molecule has 4 fully saturated rings. The molecular formula is C36H36N10O12. The number of hydrogen-bond acceptors (Lipinski definition) is 14. The van der Waals surface area contributed by atoms with Crippen molar-refractivity contribution in [3.63, 3.8) is 0 Å². The lowest BCUT2D eigenvalue weighted by Crippen LogP contribution is -2.63. The Morgan fingerprint density at radius 3 is 1.05 bits per heavy atom. The Labute approximate surface area is 328 Å². The maximum atomic E-state index is 13.8. The van der Waals surface area contributed by atoms with Crippen LogP contribution in [-0.4, -0.2) is 177 Å². The molecule has 0 aliphatic carbocycles. The highest BCUT2D eigenvalue weighted by Crippen LogP contribution is 2.42. The van der Waals surface area contributed by atoms with Crippen molar-refractivity contribution in [2.75, 3.05) is 56.4 Å². The van der Waals surface area contributed by atoms with Gasteiger partial charge >= 0.3 is 24.1 Å². The lowest BCUT2D eigenvalue weighted by Gasteiger charge is -2.42.